The van der Waals surface area contributed by atoms with Crippen LogP contribution in [0, 0.1) is 0 Å². The highest BCUT2D eigenvalue weighted by Crippen LogP contribution is 2.33. The lowest BCUT2D eigenvalue weighted by Gasteiger charge is -2.28. The zero-order valence-corrected chi connectivity index (χ0v) is 13.0. The predicted molar refractivity (Wildman–Crippen MR) is 82.7 cm³/mol. The smallest absolute Gasteiger partial charge is 0.225 e. The van der Waals surface area contributed by atoms with Crippen molar-refractivity contribution in [2.24, 2.45) is 0 Å². The summed E-state index contributed by atoms with van der Waals surface area (Å²) in [6.07, 6.45) is 0.438. The summed E-state index contributed by atoms with van der Waals surface area (Å²) < 4.78 is 0. The van der Waals surface area contributed by atoms with Crippen LogP contribution >= 0.6 is 22.9 Å². The van der Waals surface area contributed by atoms with Crippen molar-refractivity contribution in [3.05, 3.63) is 16.7 Å². The van der Waals surface area contributed by atoms with Gasteiger partial charge in [-0.05, 0) is 43.6 Å². The van der Waals surface area contributed by atoms with Crippen molar-refractivity contribution in [2.45, 2.75) is 18.6 Å². The maximum Gasteiger partial charge on any atom is 0.225 e. The molecule has 0 saturated carbocycles. The minimum Gasteiger partial charge on any atom is -0.391 e. The summed E-state index contributed by atoms with van der Waals surface area (Å²) in [7, 11) is 4.08. The topological polar surface area (TPSA) is 52.5 Å². The maximum absolute atomic E-state index is 10.0. The van der Waals surface area contributed by atoms with Crippen molar-refractivity contribution in [1.82, 2.24) is 14.9 Å². The zero-order valence-electron chi connectivity index (χ0n) is 11.5. The van der Waals surface area contributed by atoms with Crippen LogP contribution in [-0.4, -0.2) is 59.3 Å². The molecule has 108 valence electrons. The molecule has 1 N–H and O–H groups in total. The first-order valence-corrected chi connectivity index (χ1v) is 7.80. The molecule has 20 heavy (non-hydrogen) atoms. The molecular formula is C13H17ClN4OS. The third-order valence-corrected chi connectivity index (χ3v) is 4.49. The van der Waals surface area contributed by atoms with Crippen LogP contribution in [-0.2, 0) is 0 Å². The molecule has 3 heterocycles. The molecule has 0 aliphatic carbocycles. The van der Waals surface area contributed by atoms with Gasteiger partial charge in [0.05, 0.1) is 11.5 Å². The second-order valence-corrected chi connectivity index (χ2v) is 6.65. The van der Waals surface area contributed by atoms with Gasteiger partial charge in [0, 0.05) is 19.1 Å². The number of hydrogen-bond donors (Lipinski definition) is 1. The number of aromatic nitrogens is 2. The second-order valence-electron chi connectivity index (χ2n) is 5.41. The first-order chi connectivity index (χ1) is 9.54. The van der Waals surface area contributed by atoms with Crippen LogP contribution in [0.5, 0.6) is 0 Å². The van der Waals surface area contributed by atoms with Crippen LogP contribution in [0.3, 0.4) is 0 Å². The lowest BCUT2D eigenvalue weighted by molar-refractivity contribution is 0.191. The van der Waals surface area contributed by atoms with Gasteiger partial charge in [-0.3, -0.25) is 0 Å². The fourth-order valence-corrected chi connectivity index (χ4v) is 3.75. The van der Waals surface area contributed by atoms with E-state index in [0.717, 1.165) is 29.0 Å². The minimum absolute atomic E-state index is 0.245. The lowest BCUT2D eigenvalue weighted by atomic mass is 10.2. The van der Waals surface area contributed by atoms with Gasteiger partial charge in [0.15, 0.2) is 0 Å². The summed E-state index contributed by atoms with van der Waals surface area (Å²) in [6.45, 7) is 1.47. The van der Waals surface area contributed by atoms with Gasteiger partial charge in [-0.15, -0.1) is 11.3 Å². The molecule has 3 rings (SSSR count). The molecule has 2 atom stereocenters. The number of fused-ring (bicyclic) bond motifs is 1. The van der Waals surface area contributed by atoms with E-state index in [1.54, 1.807) is 11.3 Å². The average molecular weight is 313 g/mol. The number of aliphatic hydroxyl groups excluding tert-OH is 1. The molecule has 0 spiro atoms. The van der Waals surface area contributed by atoms with E-state index in [-0.39, 0.29) is 17.4 Å². The summed E-state index contributed by atoms with van der Waals surface area (Å²) in [5.41, 5.74) is 0. The summed E-state index contributed by atoms with van der Waals surface area (Å²) >= 11 is 7.59. The number of anilines is 1. The number of rotatable bonds is 3. The molecule has 1 aliphatic heterocycles. The number of aliphatic hydroxyl groups is 1. The largest absolute Gasteiger partial charge is 0.391 e. The van der Waals surface area contributed by atoms with Crippen LogP contribution in [0.4, 0.5) is 5.82 Å². The second kappa shape index (κ2) is 5.44. The molecular weight excluding hydrogens is 296 g/mol. The van der Waals surface area contributed by atoms with Crippen LogP contribution < -0.4 is 4.90 Å². The third-order valence-electron chi connectivity index (χ3n) is 3.52. The van der Waals surface area contributed by atoms with Gasteiger partial charge in [0.25, 0.3) is 0 Å². The van der Waals surface area contributed by atoms with Crippen LogP contribution in [0.15, 0.2) is 11.4 Å². The Morgan fingerprint density at radius 3 is 3.05 bits per heavy atom. The van der Waals surface area contributed by atoms with Gasteiger partial charge in [-0.25, -0.2) is 4.98 Å². The van der Waals surface area contributed by atoms with Gasteiger partial charge in [0.1, 0.15) is 10.6 Å². The molecule has 2 aromatic heterocycles. The Hall–Kier alpha value is -0.950. The Bertz CT molecular complexity index is 617. The molecule has 0 amide bonds. The monoisotopic (exact) mass is 312 g/mol. The fraction of sp³-hybridized carbons (Fsp3) is 0.538. The van der Waals surface area contributed by atoms with E-state index >= 15 is 0 Å². The van der Waals surface area contributed by atoms with Crippen molar-refractivity contribution >= 4 is 39.0 Å². The average Bonchev–Trinajstić information content (AvgIpc) is 2.94. The highest BCUT2D eigenvalue weighted by atomic mass is 35.5. The summed E-state index contributed by atoms with van der Waals surface area (Å²) in [5.74, 6) is 0.838. The van der Waals surface area contributed by atoms with E-state index in [2.05, 4.69) is 19.8 Å². The van der Waals surface area contributed by atoms with Crippen molar-refractivity contribution in [1.29, 1.82) is 0 Å². The van der Waals surface area contributed by atoms with Crippen molar-refractivity contribution < 1.29 is 5.11 Å². The molecule has 0 aromatic carbocycles. The zero-order chi connectivity index (χ0) is 14.3. The van der Waals surface area contributed by atoms with Gasteiger partial charge in [0.2, 0.25) is 5.28 Å². The fourth-order valence-electron chi connectivity index (χ4n) is 2.78. The maximum atomic E-state index is 10.0. The quantitative estimate of drug-likeness (QED) is 0.877. The molecule has 0 radical (unpaired) electrons. The van der Waals surface area contributed by atoms with Gasteiger partial charge in [-0.2, -0.15) is 4.98 Å². The highest BCUT2D eigenvalue weighted by Gasteiger charge is 2.33. The summed E-state index contributed by atoms with van der Waals surface area (Å²) in [6, 6.07) is 2.26. The number of nitrogens with zero attached hydrogens (tertiary/aromatic N) is 4. The van der Waals surface area contributed by atoms with Crippen LogP contribution in [0.2, 0.25) is 5.28 Å². The first kappa shape index (κ1) is 14.0. The van der Waals surface area contributed by atoms with E-state index in [1.807, 2.05) is 25.5 Å². The third kappa shape index (κ3) is 2.61. The Balaban J connectivity index is 2.02. The molecule has 7 heteroatoms. The normalized spacial score (nSPS) is 23.1. The molecule has 0 bridgehead atoms. The van der Waals surface area contributed by atoms with E-state index in [4.69, 9.17) is 11.6 Å². The number of halogens is 1. The standard InChI is InChI=1S/C13H17ClN4OS/c1-17(2)6-8-5-9(19)7-18(8)11-10-3-4-20-12(10)16-13(14)15-11/h3-4,8-9,19H,5-7H2,1-2H3. The minimum atomic E-state index is -0.317. The molecule has 1 fully saturated rings. The first-order valence-electron chi connectivity index (χ1n) is 6.55. The summed E-state index contributed by atoms with van der Waals surface area (Å²) in [4.78, 5) is 13.8. The summed E-state index contributed by atoms with van der Waals surface area (Å²) in [5, 5.41) is 13.3. The molecule has 5 nitrogen and oxygen atoms in total. The predicted octanol–water partition coefficient (Wildman–Crippen LogP) is 1.85. The Labute approximate surface area is 126 Å². The van der Waals surface area contributed by atoms with Gasteiger partial charge >= 0.3 is 0 Å². The SMILES string of the molecule is CN(C)CC1CC(O)CN1c1nc(Cl)nc2sccc12. The van der Waals surface area contributed by atoms with E-state index in [1.165, 1.54) is 0 Å². The molecule has 2 unspecified atom stereocenters. The Kier molecular flexibility index (Phi) is 3.81. The number of hydrogen-bond acceptors (Lipinski definition) is 6. The van der Waals surface area contributed by atoms with Crippen molar-refractivity contribution in [3.8, 4) is 0 Å². The van der Waals surface area contributed by atoms with E-state index in [9.17, 15) is 5.11 Å². The Morgan fingerprint density at radius 2 is 2.30 bits per heavy atom. The van der Waals surface area contributed by atoms with E-state index in [0.29, 0.717) is 6.54 Å². The highest BCUT2D eigenvalue weighted by molar-refractivity contribution is 7.16. The number of likely N-dealkylation sites (N-methyl/N-ethyl adjacent to an activating group) is 1. The van der Waals surface area contributed by atoms with Crippen molar-refractivity contribution in [2.75, 3.05) is 32.1 Å². The lowest BCUT2D eigenvalue weighted by Crippen LogP contribution is -2.38. The van der Waals surface area contributed by atoms with E-state index < -0.39 is 0 Å². The van der Waals surface area contributed by atoms with Gasteiger partial charge in [-0.1, -0.05) is 0 Å². The van der Waals surface area contributed by atoms with Crippen LogP contribution in [0.25, 0.3) is 10.2 Å². The molecule has 1 saturated heterocycles. The van der Waals surface area contributed by atoms with Crippen LogP contribution in [0.1, 0.15) is 6.42 Å². The number of β-amino-alcohol motifs (C(OH)–C–C–N with tert-alkyl or cyclic N) is 1. The Morgan fingerprint density at radius 1 is 1.50 bits per heavy atom. The van der Waals surface area contributed by atoms with Gasteiger partial charge < -0.3 is 14.9 Å². The molecule has 2 aromatic rings. The molecule has 1 aliphatic rings. The number of thiophene rings is 1. The van der Waals surface area contributed by atoms with Crippen molar-refractivity contribution in [3.63, 3.8) is 0 Å².